The Labute approximate surface area is 123 Å². The van der Waals surface area contributed by atoms with E-state index in [1.54, 1.807) is 0 Å². The van der Waals surface area contributed by atoms with Crippen LogP contribution >= 0.6 is 0 Å². The molecule has 4 unspecified atom stereocenters. The summed E-state index contributed by atoms with van der Waals surface area (Å²) in [6, 6.07) is 11.2. The van der Waals surface area contributed by atoms with Crippen LogP contribution in [0.3, 0.4) is 0 Å². The lowest BCUT2D eigenvalue weighted by atomic mass is 9.88. The standard InChI is InChI=1S/C18H28N2/c1-20(13-17-10-15-7-8-16(17)9-15)18(12-19)11-14-5-3-2-4-6-14/h2-6,15-18H,7-13,19H2,1H3. The third-order valence-electron chi connectivity index (χ3n) is 5.62. The van der Waals surface area contributed by atoms with Crippen molar-refractivity contribution in [3.05, 3.63) is 35.9 Å². The Hall–Kier alpha value is -0.860. The van der Waals surface area contributed by atoms with Gasteiger partial charge in [0.1, 0.15) is 0 Å². The van der Waals surface area contributed by atoms with E-state index in [2.05, 4.69) is 42.3 Å². The molecule has 20 heavy (non-hydrogen) atoms. The van der Waals surface area contributed by atoms with Crippen LogP contribution in [0.1, 0.15) is 31.2 Å². The maximum Gasteiger partial charge on any atom is 0.0255 e. The molecule has 2 aliphatic rings. The van der Waals surface area contributed by atoms with Crippen LogP contribution in [0.5, 0.6) is 0 Å². The van der Waals surface area contributed by atoms with Crippen LogP contribution in [0.2, 0.25) is 0 Å². The van der Waals surface area contributed by atoms with Crippen LogP contribution in [0.4, 0.5) is 0 Å². The Morgan fingerprint density at radius 3 is 2.60 bits per heavy atom. The highest BCUT2D eigenvalue weighted by atomic mass is 15.1. The van der Waals surface area contributed by atoms with Crippen molar-refractivity contribution < 1.29 is 0 Å². The third-order valence-corrected chi connectivity index (χ3v) is 5.62. The van der Waals surface area contributed by atoms with Gasteiger partial charge >= 0.3 is 0 Å². The predicted molar refractivity (Wildman–Crippen MR) is 84.6 cm³/mol. The summed E-state index contributed by atoms with van der Waals surface area (Å²) in [5.74, 6) is 2.99. The molecule has 2 nitrogen and oxygen atoms in total. The fourth-order valence-electron chi connectivity index (χ4n) is 4.42. The molecule has 0 spiro atoms. The average Bonchev–Trinajstić information content (AvgIpc) is 3.08. The second kappa shape index (κ2) is 6.28. The number of likely N-dealkylation sites (N-methyl/N-ethyl adjacent to an activating group) is 1. The van der Waals surface area contributed by atoms with Gasteiger partial charge in [-0.25, -0.2) is 0 Å². The molecule has 1 aromatic rings. The normalized spacial score (nSPS) is 30.1. The summed E-state index contributed by atoms with van der Waals surface area (Å²) in [6.45, 7) is 2.00. The monoisotopic (exact) mass is 272 g/mol. The van der Waals surface area contributed by atoms with Crippen molar-refractivity contribution in [3.63, 3.8) is 0 Å². The van der Waals surface area contributed by atoms with E-state index in [0.717, 1.165) is 30.7 Å². The van der Waals surface area contributed by atoms with Crippen LogP contribution in [0, 0.1) is 17.8 Å². The molecule has 2 bridgehead atoms. The Balaban J connectivity index is 1.55. The molecule has 3 rings (SSSR count). The summed E-state index contributed by atoms with van der Waals surface area (Å²) < 4.78 is 0. The number of hydrogen-bond acceptors (Lipinski definition) is 2. The van der Waals surface area contributed by atoms with E-state index in [1.165, 1.54) is 37.8 Å². The number of nitrogens with zero attached hydrogens (tertiary/aromatic N) is 1. The maximum absolute atomic E-state index is 6.03. The minimum atomic E-state index is 0.483. The van der Waals surface area contributed by atoms with Crippen LogP contribution in [0.15, 0.2) is 30.3 Å². The van der Waals surface area contributed by atoms with E-state index in [-0.39, 0.29) is 0 Å². The Morgan fingerprint density at radius 1 is 1.20 bits per heavy atom. The zero-order valence-electron chi connectivity index (χ0n) is 12.7. The van der Waals surface area contributed by atoms with Crippen molar-refractivity contribution >= 4 is 0 Å². The first-order valence-electron chi connectivity index (χ1n) is 8.20. The topological polar surface area (TPSA) is 29.3 Å². The summed E-state index contributed by atoms with van der Waals surface area (Å²) in [5, 5.41) is 0. The van der Waals surface area contributed by atoms with Crippen molar-refractivity contribution in [1.82, 2.24) is 4.90 Å². The smallest absolute Gasteiger partial charge is 0.0255 e. The zero-order valence-corrected chi connectivity index (χ0v) is 12.7. The highest BCUT2D eigenvalue weighted by Gasteiger charge is 2.39. The fourth-order valence-corrected chi connectivity index (χ4v) is 4.42. The number of fused-ring (bicyclic) bond motifs is 2. The van der Waals surface area contributed by atoms with Crippen LogP contribution in [-0.2, 0) is 6.42 Å². The van der Waals surface area contributed by atoms with Crippen molar-refractivity contribution in [1.29, 1.82) is 0 Å². The summed E-state index contributed by atoms with van der Waals surface area (Å²) in [7, 11) is 2.27. The molecule has 0 saturated heterocycles. The van der Waals surface area contributed by atoms with Gasteiger partial charge in [0.15, 0.2) is 0 Å². The molecule has 2 saturated carbocycles. The van der Waals surface area contributed by atoms with Crippen molar-refractivity contribution in [3.8, 4) is 0 Å². The molecule has 2 fully saturated rings. The SMILES string of the molecule is CN(CC1CC2CCC1C2)C(CN)Cc1ccccc1. The second-order valence-electron chi connectivity index (χ2n) is 6.95. The molecule has 0 aliphatic heterocycles. The van der Waals surface area contributed by atoms with Gasteiger partial charge in [0, 0.05) is 19.1 Å². The lowest BCUT2D eigenvalue weighted by Gasteiger charge is -2.32. The Bertz CT molecular complexity index is 417. The highest BCUT2D eigenvalue weighted by Crippen LogP contribution is 2.48. The molecular formula is C18H28N2. The van der Waals surface area contributed by atoms with Crippen molar-refractivity contribution in [2.75, 3.05) is 20.1 Å². The van der Waals surface area contributed by atoms with E-state index in [9.17, 15) is 0 Å². The molecule has 0 amide bonds. The van der Waals surface area contributed by atoms with Gasteiger partial charge in [0.05, 0.1) is 0 Å². The highest BCUT2D eigenvalue weighted by molar-refractivity contribution is 5.16. The van der Waals surface area contributed by atoms with Crippen LogP contribution in [0.25, 0.3) is 0 Å². The summed E-state index contributed by atoms with van der Waals surface area (Å²) in [4.78, 5) is 2.53. The quantitative estimate of drug-likeness (QED) is 0.863. The predicted octanol–water partition coefficient (Wildman–Crippen LogP) is 2.92. The van der Waals surface area contributed by atoms with E-state index < -0.39 is 0 Å². The molecule has 1 aromatic carbocycles. The number of benzene rings is 1. The van der Waals surface area contributed by atoms with Gasteiger partial charge in [0.2, 0.25) is 0 Å². The van der Waals surface area contributed by atoms with E-state index in [4.69, 9.17) is 5.73 Å². The second-order valence-corrected chi connectivity index (χ2v) is 6.95. The average molecular weight is 272 g/mol. The molecule has 4 atom stereocenters. The van der Waals surface area contributed by atoms with E-state index in [0.29, 0.717) is 6.04 Å². The molecule has 2 heteroatoms. The molecule has 2 aliphatic carbocycles. The molecule has 0 heterocycles. The van der Waals surface area contributed by atoms with E-state index in [1.807, 2.05) is 0 Å². The van der Waals surface area contributed by atoms with Gasteiger partial charge in [-0.15, -0.1) is 0 Å². The molecule has 2 N–H and O–H groups in total. The molecule has 0 aromatic heterocycles. The van der Waals surface area contributed by atoms with Gasteiger partial charge in [-0.05, 0) is 56.0 Å². The number of rotatable bonds is 6. The Kier molecular flexibility index (Phi) is 4.42. The first-order valence-corrected chi connectivity index (χ1v) is 8.20. The minimum Gasteiger partial charge on any atom is -0.329 e. The van der Waals surface area contributed by atoms with Crippen molar-refractivity contribution in [2.45, 2.75) is 38.1 Å². The first-order chi connectivity index (χ1) is 9.76. The van der Waals surface area contributed by atoms with E-state index >= 15 is 0 Å². The van der Waals surface area contributed by atoms with Gasteiger partial charge < -0.3 is 10.6 Å². The number of nitrogens with two attached hydrogens (primary N) is 1. The van der Waals surface area contributed by atoms with Gasteiger partial charge in [-0.2, -0.15) is 0 Å². The molecule has 110 valence electrons. The Morgan fingerprint density at radius 2 is 2.00 bits per heavy atom. The first kappa shape index (κ1) is 14.1. The van der Waals surface area contributed by atoms with Crippen molar-refractivity contribution in [2.24, 2.45) is 23.5 Å². The summed E-state index contributed by atoms with van der Waals surface area (Å²) >= 11 is 0. The number of hydrogen-bond donors (Lipinski definition) is 1. The fraction of sp³-hybridized carbons (Fsp3) is 0.667. The lowest BCUT2D eigenvalue weighted by molar-refractivity contribution is 0.174. The summed E-state index contributed by atoms with van der Waals surface area (Å²) in [6.07, 6.45) is 7.03. The van der Waals surface area contributed by atoms with Crippen LogP contribution in [-0.4, -0.2) is 31.1 Å². The molecular weight excluding hydrogens is 244 g/mol. The largest absolute Gasteiger partial charge is 0.329 e. The van der Waals surface area contributed by atoms with Gasteiger partial charge in [-0.3, -0.25) is 0 Å². The van der Waals surface area contributed by atoms with Gasteiger partial charge in [0.25, 0.3) is 0 Å². The summed E-state index contributed by atoms with van der Waals surface area (Å²) in [5.41, 5.74) is 7.44. The van der Waals surface area contributed by atoms with Gasteiger partial charge in [-0.1, -0.05) is 36.8 Å². The van der Waals surface area contributed by atoms with Crippen LogP contribution < -0.4 is 5.73 Å². The maximum atomic E-state index is 6.03. The zero-order chi connectivity index (χ0) is 13.9. The molecule has 0 radical (unpaired) electrons. The minimum absolute atomic E-state index is 0.483. The lowest BCUT2D eigenvalue weighted by Crippen LogP contribution is -2.42. The third kappa shape index (κ3) is 3.07.